The number of rotatable bonds is 4. The van der Waals surface area contributed by atoms with Crippen LogP contribution in [0.15, 0.2) is 10.7 Å². The highest BCUT2D eigenvalue weighted by Crippen LogP contribution is 2.20. The zero-order valence-electron chi connectivity index (χ0n) is 7.95. The third kappa shape index (κ3) is 2.17. The fraction of sp³-hybridized carbons (Fsp3) is 0.429. The lowest BCUT2D eigenvalue weighted by molar-refractivity contribution is 0.177. The monoisotopic (exact) mass is 227 g/mol. The van der Waals surface area contributed by atoms with Gasteiger partial charge in [0.05, 0.1) is 18.8 Å². The molecule has 0 amide bonds. The molecule has 0 radical (unpaired) electrons. The zero-order valence-corrected chi connectivity index (χ0v) is 8.77. The van der Waals surface area contributed by atoms with E-state index >= 15 is 0 Å². The molecule has 0 aliphatic carbocycles. The van der Waals surface area contributed by atoms with Gasteiger partial charge in [0.25, 0.3) is 5.89 Å². The van der Waals surface area contributed by atoms with E-state index in [0.29, 0.717) is 18.3 Å². The summed E-state index contributed by atoms with van der Waals surface area (Å²) in [5, 5.41) is 7.42. The van der Waals surface area contributed by atoms with Crippen LogP contribution in [0.5, 0.6) is 0 Å². The van der Waals surface area contributed by atoms with Gasteiger partial charge in [-0.1, -0.05) is 9.64 Å². The van der Waals surface area contributed by atoms with Crippen LogP contribution in [0.2, 0.25) is 0 Å². The van der Waals surface area contributed by atoms with Crippen molar-refractivity contribution in [2.45, 2.75) is 6.04 Å². The summed E-state index contributed by atoms with van der Waals surface area (Å²) in [4.78, 5) is 4.84. The van der Waals surface area contributed by atoms with E-state index in [1.54, 1.807) is 13.3 Å². The minimum absolute atomic E-state index is 0.347. The molecular formula is C7H9N5O2S. The fourth-order valence-corrected chi connectivity index (χ4v) is 1.44. The van der Waals surface area contributed by atoms with Gasteiger partial charge in [0.1, 0.15) is 4.88 Å². The van der Waals surface area contributed by atoms with Crippen LogP contribution in [0.4, 0.5) is 0 Å². The summed E-state index contributed by atoms with van der Waals surface area (Å²) in [6.07, 6.45) is 1.56. The number of methoxy groups -OCH3 is 1. The van der Waals surface area contributed by atoms with Crippen LogP contribution < -0.4 is 5.73 Å². The number of nitrogens with zero attached hydrogens (tertiary/aromatic N) is 4. The van der Waals surface area contributed by atoms with Crippen LogP contribution in [0.1, 0.15) is 11.9 Å². The first-order valence-corrected chi connectivity index (χ1v) is 4.94. The molecule has 0 saturated carbocycles. The van der Waals surface area contributed by atoms with Crippen molar-refractivity contribution in [1.82, 2.24) is 19.7 Å². The predicted molar refractivity (Wildman–Crippen MR) is 52.0 cm³/mol. The Balaban J connectivity index is 2.17. The standard InChI is InChI=1S/C7H9N5O2S/c1-13-3-4(8)6-10-7(14-11-6)5-2-9-12-15-5/h2,4H,3,8H2,1H3. The molecule has 2 aromatic heterocycles. The van der Waals surface area contributed by atoms with Gasteiger partial charge in [-0.3, -0.25) is 0 Å². The number of ether oxygens (including phenoxy) is 1. The second-order valence-electron chi connectivity index (χ2n) is 2.80. The minimum Gasteiger partial charge on any atom is -0.383 e. The number of hydrogen-bond acceptors (Lipinski definition) is 8. The van der Waals surface area contributed by atoms with Crippen LogP contribution in [0, 0.1) is 0 Å². The largest absolute Gasteiger partial charge is 0.383 e. The highest BCUT2D eigenvalue weighted by Gasteiger charge is 2.16. The SMILES string of the molecule is COCC(N)c1noc(-c2cnns2)n1. The molecule has 2 N–H and O–H groups in total. The molecule has 0 saturated heterocycles. The first-order chi connectivity index (χ1) is 7.31. The molecule has 15 heavy (non-hydrogen) atoms. The van der Waals surface area contributed by atoms with Crippen LogP contribution in [0.3, 0.4) is 0 Å². The molecule has 0 fully saturated rings. The Kier molecular flexibility index (Phi) is 2.99. The Morgan fingerprint density at radius 3 is 3.20 bits per heavy atom. The molecule has 80 valence electrons. The van der Waals surface area contributed by atoms with E-state index in [2.05, 4.69) is 19.7 Å². The lowest BCUT2D eigenvalue weighted by Crippen LogP contribution is -2.17. The lowest BCUT2D eigenvalue weighted by Gasteiger charge is -2.02. The smallest absolute Gasteiger partial charge is 0.271 e. The third-order valence-electron chi connectivity index (χ3n) is 1.69. The van der Waals surface area contributed by atoms with E-state index < -0.39 is 0 Å². The van der Waals surface area contributed by atoms with Crippen molar-refractivity contribution < 1.29 is 9.26 Å². The Morgan fingerprint density at radius 1 is 1.67 bits per heavy atom. The molecule has 0 aliphatic rings. The maximum absolute atomic E-state index is 5.73. The van der Waals surface area contributed by atoms with Gasteiger partial charge in [0.2, 0.25) is 0 Å². The normalized spacial score (nSPS) is 12.9. The summed E-state index contributed by atoms with van der Waals surface area (Å²) in [5.41, 5.74) is 5.73. The second-order valence-corrected chi connectivity index (χ2v) is 3.59. The molecule has 0 bridgehead atoms. The summed E-state index contributed by atoms with van der Waals surface area (Å²) in [6, 6.07) is -0.381. The summed E-state index contributed by atoms with van der Waals surface area (Å²) < 4.78 is 13.6. The van der Waals surface area contributed by atoms with E-state index in [0.717, 1.165) is 4.88 Å². The average molecular weight is 227 g/mol. The van der Waals surface area contributed by atoms with Gasteiger partial charge >= 0.3 is 0 Å². The predicted octanol–water partition coefficient (Wildman–Crippen LogP) is 0.234. The molecule has 0 aliphatic heterocycles. The summed E-state index contributed by atoms with van der Waals surface area (Å²) in [6.45, 7) is 0.347. The average Bonchev–Trinajstić information content (AvgIpc) is 2.89. The number of nitrogens with two attached hydrogens (primary N) is 1. The van der Waals surface area contributed by atoms with Crippen molar-refractivity contribution in [3.05, 3.63) is 12.0 Å². The van der Waals surface area contributed by atoms with Gasteiger partial charge in [-0.25, -0.2) is 0 Å². The molecule has 0 spiro atoms. The van der Waals surface area contributed by atoms with Gasteiger partial charge < -0.3 is 15.0 Å². The van der Waals surface area contributed by atoms with Crippen molar-refractivity contribution in [3.63, 3.8) is 0 Å². The third-order valence-corrected chi connectivity index (χ3v) is 2.34. The van der Waals surface area contributed by atoms with E-state index in [-0.39, 0.29) is 6.04 Å². The second kappa shape index (κ2) is 4.43. The van der Waals surface area contributed by atoms with E-state index in [4.69, 9.17) is 15.0 Å². The van der Waals surface area contributed by atoms with Crippen molar-refractivity contribution in [3.8, 4) is 10.8 Å². The molecular weight excluding hydrogens is 218 g/mol. The highest BCUT2D eigenvalue weighted by molar-refractivity contribution is 7.09. The highest BCUT2D eigenvalue weighted by atomic mass is 32.1. The molecule has 2 aromatic rings. The van der Waals surface area contributed by atoms with Gasteiger partial charge in [-0.05, 0) is 11.5 Å². The van der Waals surface area contributed by atoms with Crippen molar-refractivity contribution >= 4 is 11.5 Å². The maximum atomic E-state index is 5.73. The Bertz CT molecular complexity index is 415. The molecule has 2 rings (SSSR count). The Labute approximate surface area is 89.4 Å². The number of hydrogen-bond donors (Lipinski definition) is 1. The van der Waals surface area contributed by atoms with Crippen molar-refractivity contribution in [2.75, 3.05) is 13.7 Å². The molecule has 7 nitrogen and oxygen atoms in total. The van der Waals surface area contributed by atoms with Crippen LogP contribution in [0.25, 0.3) is 10.8 Å². The van der Waals surface area contributed by atoms with E-state index in [9.17, 15) is 0 Å². The summed E-state index contributed by atoms with van der Waals surface area (Å²) >= 11 is 1.18. The maximum Gasteiger partial charge on any atom is 0.271 e. The van der Waals surface area contributed by atoms with Crippen LogP contribution in [-0.2, 0) is 4.74 Å². The lowest BCUT2D eigenvalue weighted by atomic mass is 10.3. The molecule has 1 atom stereocenters. The van der Waals surface area contributed by atoms with Gasteiger partial charge in [-0.2, -0.15) is 4.98 Å². The fourth-order valence-electron chi connectivity index (χ4n) is 1.00. The van der Waals surface area contributed by atoms with E-state index in [1.807, 2.05) is 0 Å². The van der Waals surface area contributed by atoms with Gasteiger partial charge in [-0.15, -0.1) is 5.10 Å². The summed E-state index contributed by atoms with van der Waals surface area (Å²) in [7, 11) is 1.56. The van der Waals surface area contributed by atoms with Crippen LogP contribution in [-0.4, -0.2) is 33.4 Å². The molecule has 1 unspecified atom stereocenters. The first-order valence-electron chi connectivity index (χ1n) is 4.17. The zero-order chi connectivity index (χ0) is 10.7. The van der Waals surface area contributed by atoms with E-state index in [1.165, 1.54) is 11.5 Å². The van der Waals surface area contributed by atoms with Gasteiger partial charge in [0, 0.05) is 7.11 Å². The molecule has 0 aromatic carbocycles. The molecule has 2 heterocycles. The topological polar surface area (TPSA) is 100.0 Å². The summed E-state index contributed by atoms with van der Waals surface area (Å²) in [5.74, 6) is 0.798. The Hall–Kier alpha value is -1.38. The first kappa shape index (κ1) is 10.1. The van der Waals surface area contributed by atoms with Crippen molar-refractivity contribution in [1.29, 1.82) is 0 Å². The quantitative estimate of drug-likeness (QED) is 0.798. The Morgan fingerprint density at radius 2 is 2.53 bits per heavy atom. The minimum atomic E-state index is -0.381. The van der Waals surface area contributed by atoms with Crippen molar-refractivity contribution in [2.24, 2.45) is 5.73 Å². The van der Waals surface area contributed by atoms with Gasteiger partial charge in [0.15, 0.2) is 5.82 Å². The molecule has 8 heteroatoms. The number of aromatic nitrogens is 4. The van der Waals surface area contributed by atoms with Crippen LogP contribution >= 0.6 is 11.5 Å².